The predicted octanol–water partition coefficient (Wildman–Crippen LogP) is 3.54. The molecule has 2 heterocycles. The highest BCUT2D eigenvalue weighted by atomic mass is 32.1. The number of ketones is 2. The molecule has 0 saturated carbocycles. The van der Waals surface area contributed by atoms with E-state index in [1.165, 1.54) is 18.7 Å². The van der Waals surface area contributed by atoms with Crippen molar-refractivity contribution < 1.29 is 9.59 Å². The van der Waals surface area contributed by atoms with Crippen molar-refractivity contribution in [2.45, 2.75) is 12.8 Å². The van der Waals surface area contributed by atoms with Crippen molar-refractivity contribution in [2.24, 2.45) is 0 Å². The highest BCUT2D eigenvalue weighted by Gasteiger charge is 2.12. The van der Waals surface area contributed by atoms with Crippen LogP contribution >= 0.6 is 11.3 Å². The summed E-state index contributed by atoms with van der Waals surface area (Å²) in [6.07, 6.45) is 4.68. The lowest BCUT2D eigenvalue weighted by Gasteiger charge is -2.02. The van der Waals surface area contributed by atoms with Crippen LogP contribution in [0.15, 0.2) is 48.4 Å². The van der Waals surface area contributed by atoms with Crippen molar-refractivity contribution in [3.05, 3.63) is 59.5 Å². The minimum Gasteiger partial charge on any atom is -0.294 e. The van der Waals surface area contributed by atoms with Gasteiger partial charge in [-0.25, -0.2) is 9.97 Å². The van der Waals surface area contributed by atoms with E-state index in [0.29, 0.717) is 11.1 Å². The van der Waals surface area contributed by atoms with Crippen molar-refractivity contribution in [1.82, 2.24) is 9.97 Å². The molecule has 0 aliphatic heterocycles. The van der Waals surface area contributed by atoms with Crippen LogP contribution in [0.1, 0.15) is 33.6 Å². The maximum atomic E-state index is 12.2. The zero-order valence-corrected chi connectivity index (χ0v) is 12.0. The van der Waals surface area contributed by atoms with Crippen molar-refractivity contribution in [2.75, 3.05) is 0 Å². The van der Waals surface area contributed by atoms with Gasteiger partial charge in [0.1, 0.15) is 6.33 Å². The zero-order chi connectivity index (χ0) is 14.7. The molecule has 0 aliphatic carbocycles. The first-order valence-corrected chi connectivity index (χ1v) is 7.41. The highest BCUT2D eigenvalue weighted by Crippen LogP contribution is 2.22. The van der Waals surface area contributed by atoms with E-state index < -0.39 is 0 Å². The van der Waals surface area contributed by atoms with Crippen LogP contribution in [0.4, 0.5) is 0 Å². The molecule has 0 atom stereocenters. The van der Waals surface area contributed by atoms with E-state index >= 15 is 0 Å². The van der Waals surface area contributed by atoms with Gasteiger partial charge >= 0.3 is 0 Å². The number of rotatable bonds is 5. The van der Waals surface area contributed by atoms with Crippen LogP contribution in [0.25, 0.3) is 10.1 Å². The van der Waals surface area contributed by atoms with Gasteiger partial charge in [0.25, 0.3) is 0 Å². The highest BCUT2D eigenvalue weighted by molar-refractivity contribution is 7.17. The molecule has 3 rings (SSSR count). The van der Waals surface area contributed by atoms with Gasteiger partial charge < -0.3 is 0 Å². The number of hydrogen-bond acceptors (Lipinski definition) is 5. The van der Waals surface area contributed by atoms with Crippen molar-refractivity contribution in [3.63, 3.8) is 0 Å². The van der Waals surface area contributed by atoms with Gasteiger partial charge in [-0.3, -0.25) is 9.59 Å². The van der Waals surface area contributed by atoms with E-state index in [4.69, 9.17) is 0 Å². The Morgan fingerprint density at radius 2 is 1.67 bits per heavy atom. The number of hydrogen-bond donors (Lipinski definition) is 0. The Hall–Kier alpha value is -2.40. The fourth-order valence-corrected chi connectivity index (χ4v) is 2.87. The monoisotopic (exact) mass is 296 g/mol. The first kappa shape index (κ1) is 13.6. The summed E-state index contributed by atoms with van der Waals surface area (Å²) in [4.78, 5) is 31.7. The predicted molar refractivity (Wildman–Crippen MR) is 81.8 cm³/mol. The minimum absolute atomic E-state index is 0.0201. The second-order valence-corrected chi connectivity index (χ2v) is 5.59. The zero-order valence-electron chi connectivity index (χ0n) is 11.2. The lowest BCUT2D eigenvalue weighted by Crippen LogP contribution is -2.05. The second kappa shape index (κ2) is 5.93. The Kier molecular flexibility index (Phi) is 3.83. The Morgan fingerprint density at radius 1 is 0.952 bits per heavy atom. The number of nitrogens with zero attached hydrogens (tertiary/aromatic N) is 2. The lowest BCUT2D eigenvalue weighted by atomic mass is 10.0. The van der Waals surface area contributed by atoms with Gasteiger partial charge in [-0.1, -0.05) is 0 Å². The average Bonchev–Trinajstić information content (AvgIpc) is 3.00. The van der Waals surface area contributed by atoms with Gasteiger partial charge in [-0.15, -0.1) is 11.3 Å². The van der Waals surface area contributed by atoms with Crippen LogP contribution in [0, 0.1) is 0 Å². The van der Waals surface area contributed by atoms with Crippen LogP contribution in [0.5, 0.6) is 0 Å². The van der Waals surface area contributed by atoms with E-state index in [2.05, 4.69) is 9.97 Å². The van der Waals surface area contributed by atoms with Gasteiger partial charge in [0, 0.05) is 35.5 Å². The molecule has 4 nitrogen and oxygen atoms in total. The Morgan fingerprint density at radius 3 is 2.43 bits per heavy atom. The van der Waals surface area contributed by atoms with Crippen LogP contribution < -0.4 is 0 Å². The summed E-state index contributed by atoms with van der Waals surface area (Å²) >= 11 is 1.64. The molecule has 0 spiro atoms. The number of aromatic nitrogens is 2. The molecule has 21 heavy (non-hydrogen) atoms. The van der Waals surface area contributed by atoms with Gasteiger partial charge in [-0.2, -0.15) is 0 Å². The average molecular weight is 296 g/mol. The quantitative estimate of drug-likeness (QED) is 0.676. The van der Waals surface area contributed by atoms with E-state index in [1.54, 1.807) is 11.3 Å². The summed E-state index contributed by atoms with van der Waals surface area (Å²) in [7, 11) is 0. The van der Waals surface area contributed by atoms with Crippen LogP contribution in [0.3, 0.4) is 0 Å². The summed E-state index contributed by atoms with van der Waals surface area (Å²) in [5, 5.41) is 3.06. The Balaban J connectivity index is 1.67. The number of benzene rings is 1. The van der Waals surface area contributed by atoms with E-state index in [-0.39, 0.29) is 24.4 Å². The second-order valence-electron chi connectivity index (χ2n) is 4.65. The smallest absolute Gasteiger partial charge is 0.166 e. The molecule has 0 radical (unpaired) electrons. The third-order valence-corrected chi connectivity index (χ3v) is 4.13. The number of carbonyl (C=O) groups excluding carboxylic acids is 2. The molecule has 0 N–H and O–H groups in total. The minimum atomic E-state index is -0.111. The summed E-state index contributed by atoms with van der Waals surface area (Å²) in [5.41, 5.74) is 1.09. The number of carbonyl (C=O) groups is 2. The van der Waals surface area contributed by atoms with Gasteiger partial charge in [0.15, 0.2) is 11.6 Å². The van der Waals surface area contributed by atoms with Crippen LogP contribution in [0.2, 0.25) is 0 Å². The molecule has 0 bridgehead atoms. The molecule has 3 aromatic rings. The standard InChI is InChI=1S/C16H12N2O2S/c19-14(2-3-15(20)13-8-17-10-18-9-13)11-1-4-16-12(7-11)5-6-21-16/h1,4-10H,2-3H2. The van der Waals surface area contributed by atoms with Gasteiger partial charge in [0.2, 0.25) is 0 Å². The molecular formula is C16H12N2O2S. The topological polar surface area (TPSA) is 59.9 Å². The van der Waals surface area contributed by atoms with Crippen molar-refractivity contribution in [3.8, 4) is 0 Å². The SMILES string of the molecule is O=C(CCC(=O)c1ccc2sccc2c1)c1cncnc1. The number of Topliss-reactive ketones (excluding diaryl/α,β-unsaturated/α-hetero) is 2. The summed E-state index contributed by atoms with van der Waals surface area (Å²) in [6.45, 7) is 0. The molecule has 0 saturated heterocycles. The van der Waals surface area contributed by atoms with Crippen molar-refractivity contribution in [1.29, 1.82) is 0 Å². The van der Waals surface area contributed by atoms with E-state index in [1.807, 2.05) is 29.6 Å². The fraction of sp³-hybridized carbons (Fsp3) is 0.125. The Bertz CT molecular complexity index is 796. The van der Waals surface area contributed by atoms with Crippen LogP contribution in [-0.4, -0.2) is 21.5 Å². The van der Waals surface area contributed by atoms with Gasteiger partial charge in [0.05, 0.1) is 5.56 Å². The lowest BCUT2D eigenvalue weighted by molar-refractivity contribution is 0.0917. The summed E-state index contributed by atoms with van der Waals surface area (Å²) < 4.78 is 1.16. The molecular weight excluding hydrogens is 284 g/mol. The van der Waals surface area contributed by atoms with E-state index in [9.17, 15) is 9.59 Å². The molecule has 5 heteroatoms. The summed E-state index contributed by atoms with van der Waals surface area (Å²) in [5.74, 6) is -0.131. The summed E-state index contributed by atoms with van der Waals surface area (Å²) in [6, 6.07) is 7.63. The molecule has 0 aliphatic rings. The number of thiophene rings is 1. The normalized spacial score (nSPS) is 10.7. The van der Waals surface area contributed by atoms with E-state index in [0.717, 1.165) is 10.1 Å². The molecule has 0 fully saturated rings. The molecule has 2 aromatic heterocycles. The maximum Gasteiger partial charge on any atom is 0.166 e. The molecule has 0 unspecified atom stereocenters. The number of fused-ring (bicyclic) bond motifs is 1. The molecule has 104 valence electrons. The third kappa shape index (κ3) is 3.03. The maximum absolute atomic E-state index is 12.2. The van der Waals surface area contributed by atoms with Gasteiger partial charge in [-0.05, 0) is 35.0 Å². The first-order valence-electron chi connectivity index (χ1n) is 6.53. The molecule has 0 amide bonds. The third-order valence-electron chi connectivity index (χ3n) is 3.24. The molecule has 1 aromatic carbocycles. The Labute approximate surface area is 125 Å². The largest absolute Gasteiger partial charge is 0.294 e. The van der Waals surface area contributed by atoms with Crippen molar-refractivity contribution >= 4 is 33.0 Å². The van der Waals surface area contributed by atoms with Crippen LogP contribution in [-0.2, 0) is 0 Å². The fourth-order valence-electron chi connectivity index (χ4n) is 2.10. The first-order chi connectivity index (χ1) is 10.2.